The Morgan fingerprint density at radius 2 is 1.95 bits per heavy atom. The van der Waals surface area contributed by atoms with E-state index in [1.54, 1.807) is 13.3 Å². The highest BCUT2D eigenvalue weighted by molar-refractivity contribution is 14.0. The fourth-order valence-corrected chi connectivity index (χ4v) is 2.21. The first-order valence-electron chi connectivity index (χ1n) is 6.88. The average Bonchev–Trinajstić information content (AvgIpc) is 3.16. The van der Waals surface area contributed by atoms with Crippen LogP contribution in [0.5, 0.6) is 0 Å². The summed E-state index contributed by atoms with van der Waals surface area (Å²) in [6, 6.07) is 14.2. The summed E-state index contributed by atoms with van der Waals surface area (Å²) in [6.45, 7) is 1.30. The summed E-state index contributed by atoms with van der Waals surface area (Å²) in [4.78, 5) is 7.58. The molecule has 0 saturated heterocycles. The van der Waals surface area contributed by atoms with Crippen LogP contribution in [-0.4, -0.2) is 18.0 Å². The first-order chi connectivity index (χ1) is 10.3. The first-order valence-corrected chi connectivity index (χ1v) is 6.88. The van der Waals surface area contributed by atoms with E-state index < -0.39 is 0 Å². The monoisotopic (exact) mass is 410 g/mol. The smallest absolute Gasteiger partial charge is 0.191 e. The van der Waals surface area contributed by atoms with Gasteiger partial charge in [-0.15, -0.1) is 24.0 Å². The highest BCUT2D eigenvalue weighted by atomic mass is 127. The van der Waals surface area contributed by atoms with Crippen LogP contribution in [-0.2, 0) is 13.1 Å². The summed E-state index contributed by atoms with van der Waals surface area (Å²) in [7, 11) is 1.75. The Bertz CT molecular complexity index is 701. The van der Waals surface area contributed by atoms with Gasteiger partial charge in [0.25, 0.3) is 0 Å². The Morgan fingerprint density at radius 3 is 2.68 bits per heavy atom. The molecule has 116 valence electrons. The van der Waals surface area contributed by atoms with Crippen molar-refractivity contribution in [2.75, 3.05) is 7.05 Å². The molecule has 0 saturated carbocycles. The number of guanidine groups is 1. The molecule has 22 heavy (non-hydrogen) atoms. The van der Waals surface area contributed by atoms with Crippen molar-refractivity contribution in [2.45, 2.75) is 13.1 Å². The SMILES string of the molecule is CN=C(NCc1cc2ccccc2[nH]1)NCc1ccco1.I. The van der Waals surface area contributed by atoms with Gasteiger partial charge in [-0.2, -0.15) is 0 Å². The zero-order chi connectivity index (χ0) is 14.5. The number of furan rings is 1. The molecule has 5 nitrogen and oxygen atoms in total. The summed E-state index contributed by atoms with van der Waals surface area (Å²) >= 11 is 0. The molecule has 0 unspecified atom stereocenters. The van der Waals surface area contributed by atoms with Gasteiger partial charge in [0.05, 0.1) is 19.4 Å². The van der Waals surface area contributed by atoms with Crippen LogP contribution in [0, 0.1) is 0 Å². The van der Waals surface area contributed by atoms with E-state index in [1.807, 2.05) is 24.3 Å². The number of rotatable bonds is 4. The van der Waals surface area contributed by atoms with Crippen molar-refractivity contribution in [3.05, 3.63) is 60.2 Å². The fraction of sp³-hybridized carbons (Fsp3) is 0.188. The maximum absolute atomic E-state index is 5.28. The Balaban J connectivity index is 0.00000176. The molecule has 3 aromatic rings. The van der Waals surface area contributed by atoms with Gasteiger partial charge in [-0.25, -0.2) is 0 Å². The number of H-pyrrole nitrogens is 1. The maximum atomic E-state index is 5.28. The van der Waals surface area contributed by atoms with Crippen molar-refractivity contribution < 1.29 is 4.42 Å². The molecule has 0 amide bonds. The van der Waals surface area contributed by atoms with Gasteiger partial charge >= 0.3 is 0 Å². The van der Waals surface area contributed by atoms with Gasteiger partial charge in [-0.1, -0.05) is 18.2 Å². The minimum absolute atomic E-state index is 0. The summed E-state index contributed by atoms with van der Waals surface area (Å²) in [5.74, 6) is 1.62. The van der Waals surface area contributed by atoms with E-state index in [9.17, 15) is 0 Å². The minimum Gasteiger partial charge on any atom is -0.467 e. The van der Waals surface area contributed by atoms with E-state index in [1.165, 1.54) is 5.39 Å². The standard InChI is InChI=1S/C16H18N4O.HI/c1-17-16(19-11-14-6-4-8-21-14)18-10-13-9-12-5-2-3-7-15(12)20-13;/h2-9,20H,10-11H2,1H3,(H2,17,18,19);1H. The van der Waals surface area contributed by atoms with Crippen LogP contribution < -0.4 is 10.6 Å². The molecule has 2 heterocycles. The van der Waals surface area contributed by atoms with Crippen molar-refractivity contribution in [1.29, 1.82) is 0 Å². The van der Waals surface area contributed by atoms with Gasteiger partial charge in [0.2, 0.25) is 0 Å². The molecular weight excluding hydrogens is 391 g/mol. The van der Waals surface area contributed by atoms with E-state index >= 15 is 0 Å². The first kappa shape index (κ1) is 16.4. The summed E-state index contributed by atoms with van der Waals surface area (Å²) in [6.07, 6.45) is 1.66. The Labute approximate surface area is 146 Å². The number of halogens is 1. The number of para-hydroxylation sites is 1. The molecule has 3 N–H and O–H groups in total. The van der Waals surface area contributed by atoms with Crippen molar-refractivity contribution >= 4 is 40.8 Å². The van der Waals surface area contributed by atoms with Gasteiger partial charge in [0, 0.05) is 18.3 Å². The molecule has 0 aliphatic carbocycles. The number of aliphatic imine (C=N–C) groups is 1. The zero-order valence-corrected chi connectivity index (χ0v) is 14.6. The third-order valence-corrected chi connectivity index (χ3v) is 3.27. The number of nitrogens with zero attached hydrogens (tertiary/aromatic N) is 1. The summed E-state index contributed by atoms with van der Waals surface area (Å²) in [5, 5.41) is 7.70. The van der Waals surface area contributed by atoms with Crippen molar-refractivity contribution in [1.82, 2.24) is 15.6 Å². The van der Waals surface area contributed by atoms with Gasteiger partial charge < -0.3 is 20.0 Å². The molecule has 3 rings (SSSR count). The van der Waals surface area contributed by atoms with Crippen LogP contribution in [0.3, 0.4) is 0 Å². The lowest BCUT2D eigenvalue weighted by atomic mass is 10.2. The van der Waals surface area contributed by atoms with Crippen LogP contribution in [0.25, 0.3) is 10.9 Å². The second-order valence-electron chi connectivity index (χ2n) is 4.74. The number of hydrogen-bond donors (Lipinski definition) is 3. The average molecular weight is 410 g/mol. The van der Waals surface area contributed by atoms with Crippen LogP contribution >= 0.6 is 24.0 Å². The molecule has 0 aliphatic rings. The van der Waals surface area contributed by atoms with Gasteiger partial charge in [-0.3, -0.25) is 4.99 Å². The zero-order valence-electron chi connectivity index (χ0n) is 12.3. The van der Waals surface area contributed by atoms with E-state index in [0.717, 1.165) is 22.9 Å². The molecular formula is C16H19IN4O. The molecule has 0 spiro atoms. The van der Waals surface area contributed by atoms with Crippen LogP contribution in [0.1, 0.15) is 11.5 Å². The van der Waals surface area contributed by atoms with Gasteiger partial charge in [-0.05, 0) is 29.7 Å². The van der Waals surface area contributed by atoms with E-state index in [-0.39, 0.29) is 24.0 Å². The summed E-state index contributed by atoms with van der Waals surface area (Å²) in [5.41, 5.74) is 2.27. The lowest BCUT2D eigenvalue weighted by Crippen LogP contribution is -2.36. The Hall–Kier alpha value is -1.96. The predicted molar refractivity (Wildman–Crippen MR) is 99.5 cm³/mol. The number of hydrogen-bond acceptors (Lipinski definition) is 2. The molecule has 0 atom stereocenters. The largest absolute Gasteiger partial charge is 0.467 e. The van der Waals surface area contributed by atoms with Crippen molar-refractivity contribution in [2.24, 2.45) is 4.99 Å². The third kappa shape index (κ3) is 4.03. The molecule has 0 fully saturated rings. The number of nitrogens with one attached hydrogen (secondary N) is 3. The van der Waals surface area contributed by atoms with Crippen LogP contribution in [0.2, 0.25) is 0 Å². The second kappa shape index (κ2) is 7.88. The lowest BCUT2D eigenvalue weighted by molar-refractivity contribution is 0.501. The Kier molecular flexibility index (Phi) is 5.88. The number of benzene rings is 1. The predicted octanol–water partition coefficient (Wildman–Crippen LogP) is 3.24. The topological polar surface area (TPSA) is 65.3 Å². The minimum atomic E-state index is 0. The van der Waals surface area contributed by atoms with Crippen molar-refractivity contribution in [3.8, 4) is 0 Å². The molecule has 0 aliphatic heterocycles. The van der Waals surface area contributed by atoms with Gasteiger partial charge in [0.1, 0.15) is 5.76 Å². The second-order valence-corrected chi connectivity index (χ2v) is 4.74. The Morgan fingerprint density at radius 1 is 1.14 bits per heavy atom. The molecule has 6 heteroatoms. The maximum Gasteiger partial charge on any atom is 0.191 e. The van der Waals surface area contributed by atoms with E-state index in [2.05, 4.69) is 38.8 Å². The third-order valence-electron chi connectivity index (χ3n) is 3.27. The van der Waals surface area contributed by atoms with Crippen LogP contribution in [0.4, 0.5) is 0 Å². The normalized spacial score (nSPS) is 11.2. The van der Waals surface area contributed by atoms with Crippen molar-refractivity contribution in [3.63, 3.8) is 0 Å². The quantitative estimate of drug-likeness (QED) is 0.352. The lowest BCUT2D eigenvalue weighted by Gasteiger charge is -2.09. The molecule has 2 aromatic heterocycles. The highest BCUT2D eigenvalue weighted by Gasteiger charge is 2.03. The number of fused-ring (bicyclic) bond motifs is 1. The number of aromatic nitrogens is 1. The number of aromatic amines is 1. The van der Waals surface area contributed by atoms with Gasteiger partial charge in [0.15, 0.2) is 5.96 Å². The van der Waals surface area contributed by atoms with E-state index in [4.69, 9.17) is 4.42 Å². The van der Waals surface area contributed by atoms with E-state index in [0.29, 0.717) is 13.1 Å². The summed E-state index contributed by atoms with van der Waals surface area (Å²) < 4.78 is 5.28. The highest BCUT2D eigenvalue weighted by Crippen LogP contribution is 2.14. The fourth-order valence-electron chi connectivity index (χ4n) is 2.21. The molecule has 1 aromatic carbocycles. The van der Waals surface area contributed by atoms with Crippen LogP contribution in [0.15, 0.2) is 58.1 Å². The molecule has 0 bridgehead atoms. The molecule has 0 radical (unpaired) electrons.